The highest BCUT2D eigenvalue weighted by atomic mass is 16.5. The number of nitrogens with two attached hydrogens (primary N) is 1. The van der Waals surface area contributed by atoms with Crippen molar-refractivity contribution in [3.63, 3.8) is 0 Å². The Morgan fingerprint density at radius 3 is 2.58 bits per heavy atom. The Balaban J connectivity index is 2.63. The summed E-state index contributed by atoms with van der Waals surface area (Å²) in [7, 11) is 0. The minimum absolute atomic E-state index is 0.0000463. The average Bonchev–Trinajstić information content (AvgIpc) is 2.53. The Kier molecular flexibility index (Phi) is 3.29. The summed E-state index contributed by atoms with van der Waals surface area (Å²) < 4.78 is 5.75. The molecule has 0 bridgehead atoms. The third-order valence-corrected chi connectivity index (χ3v) is 2.74. The van der Waals surface area contributed by atoms with Crippen LogP contribution in [0.5, 0.6) is 0 Å². The van der Waals surface area contributed by atoms with Crippen LogP contribution in [0.1, 0.15) is 32.6 Å². The number of ether oxygens (including phenoxy) is 1. The summed E-state index contributed by atoms with van der Waals surface area (Å²) in [5.41, 5.74) is 5.87. The molecule has 2 heteroatoms. The van der Waals surface area contributed by atoms with E-state index in [4.69, 9.17) is 10.5 Å². The standard InChI is InChI=1S/C10H19NO/c1-3-9(11)10(12-4-2)7-5-6-8-10/h3,9H,1,4-8,11H2,2H3. The largest absolute Gasteiger partial charge is 0.373 e. The monoisotopic (exact) mass is 169 g/mol. The molecule has 0 aliphatic heterocycles. The van der Waals surface area contributed by atoms with Crippen molar-refractivity contribution in [2.45, 2.75) is 44.2 Å². The molecule has 0 saturated heterocycles. The molecular formula is C10H19NO. The molecule has 12 heavy (non-hydrogen) atoms. The molecule has 1 fully saturated rings. The van der Waals surface area contributed by atoms with Crippen LogP contribution < -0.4 is 5.73 Å². The zero-order valence-electron chi connectivity index (χ0n) is 7.88. The first-order chi connectivity index (χ1) is 5.75. The van der Waals surface area contributed by atoms with Gasteiger partial charge in [0, 0.05) is 6.61 Å². The topological polar surface area (TPSA) is 35.2 Å². The quantitative estimate of drug-likeness (QED) is 0.652. The summed E-state index contributed by atoms with van der Waals surface area (Å²) in [5.74, 6) is 0. The van der Waals surface area contributed by atoms with Gasteiger partial charge in [0.2, 0.25) is 0 Å². The van der Waals surface area contributed by atoms with E-state index in [-0.39, 0.29) is 11.6 Å². The van der Waals surface area contributed by atoms with E-state index in [9.17, 15) is 0 Å². The predicted molar refractivity (Wildman–Crippen MR) is 51.0 cm³/mol. The van der Waals surface area contributed by atoms with E-state index < -0.39 is 0 Å². The predicted octanol–water partition coefficient (Wildman–Crippen LogP) is 1.85. The molecule has 2 N–H and O–H groups in total. The smallest absolute Gasteiger partial charge is 0.0868 e. The van der Waals surface area contributed by atoms with Crippen molar-refractivity contribution in [2.24, 2.45) is 5.73 Å². The summed E-state index contributed by atoms with van der Waals surface area (Å²) in [6.07, 6.45) is 6.46. The van der Waals surface area contributed by atoms with Crippen molar-refractivity contribution < 1.29 is 4.74 Å². The van der Waals surface area contributed by atoms with Crippen LogP contribution in [-0.2, 0) is 4.74 Å². The van der Waals surface area contributed by atoms with Crippen LogP contribution in [0.2, 0.25) is 0 Å². The van der Waals surface area contributed by atoms with Gasteiger partial charge in [-0.05, 0) is 19.8 Å². The van der Waals surface area contributed by atoms with Crippen molar-refractivity contribution in [1.82, 2.24) is 0 Å². The second-order valence-electron chi connectivity index (χ2n) is 3.47. The van der Waals surface area contributed by atoms with Crippen LogP contribution in [0.4, 0.5) is 0 Å². The molecule has 1 rings (SSSR count). The van der Waals surface area contributed by atoms with Gasteiger partial charge in [0.05, 0.1) is 11.6 Å². The molecule has 0 aromatic rings. The Morgan fingerprint density at radius 1 is 1.58 bits per heavy atom. The minimum Gasteiger partial charge on any atom is -0.373 e. The summed E-state index contributed by atoms with van der Waals surface area (Å²) in [6, 6.07) is -0.0000463. The Morgan fingerprint density at radius 2 is 2.17 bits per heavy atom. The maximum Gasteiger partial charge on any atom is 0.0868 e. The van der Waals surface area contributed by atoms with E-state index in [0.717, 1.165) is 19.4 Å². The lowest BCUT2D eigenvalue weighted by Crippen LogP contribution is -2.46. The molecule has 0 aromatic heterocycles. The summed E-state index contributed by atoms with van der Waals surface area (Å²) in [4.78, 5) is 0. The Hall–Kier alpha value is -0.340. The van der Waals surface area contributed by atoms with Gasteiger partial charge in [0.15, 0.2) is 0 Å². The molecule has 1 saturated carbocycles. The van der Waals surface area contributed by atoms with Gasteiger partial charge in [-0.3, -0.25) is 0 Å². The average molecular weight is 169 g/mol. The molecule has 0 radical (unpaired) electrons. The third kappa shape index (κ3) is 1.70. The van der Waals surface area contributed by atoms with Crippen LogP contribution in [0.25, 0.3) is 0 Å². The zero-order valence-corrected chi connectivity index (χ0v) is 7.88. The van der Waals surface area contributed by atoms with E-state index in [2.05, 4.69) is 6.58 Å². The second kappa shape index (κ2) is 4.06. The molecule has 1 unspecified atom stereocenters. The van der Waals surface area contributed by atoms with Crippen LogP contribution >= 0.6 is 0 Å². The van der Waals surface area contributed by atoms with E-state index in [1.165, 1.54) is 12.8 Å². The highest BCUT2D eigenvalue weighted by Gasteiger charge is 2.38. The summed E-state index contributed by atoms with van der Waals surface area (Å²) in [5, 5.41) is 0. The lowest BCUT2D eigenvalue weighted by molar-refractivity contribution is -0.0425. The van der Waals surface area contributed by atoms with Crippen molar-refractivity contribution in [2.75, 3.05) is 6.61 Å². The van der Waals surface area contributed by atoms with Crippen LogP contribution in [0.15, 0.2) is 12.7 Å². The van der Waals surface area contributed by atoms with Gasteiger partial charge in [0.1, 0.15) is 0 Å². The maximum atomic E-state index is 5.96. The zero-order chi connectivity index (χ0) is 9.03. The normalized spacial score (nSPS) is 23.8. The van der Waals surface area contributed by atoms with Crippen molar-refractivity contribution in [3.05, 3.63) is 12.7 Å². The molecule has 2 nitrogen and oxygen atoms in total. The van der Waals surface area contributed by atoms with Crippen LogP contribution in [0.3, 0.4) is 0 Å². The van der Waals surface area contributed by atoms with Gasteiger partial charge in [-0.1, -0.05) is 18.9 Å². The fraction of sp³-hybridized carbons (Fsp3) is 0.800. The van der Waals surface area contributed by atoms with Crippen LogP contribution in [-0.4, -0.2) is 18.2 Å². The van der Waals surface area contributed by atoms with Crippen molar-refractivity contribution in [3.8, 4) is 0 Å². The van der Waals surface area contributed by atoms with Gasteiger partial charge in [-0.25, -0.2) is 0 Å². The van der Waals surface area contributed by atoms with Gasteiger partial charge in [-0.15, -0.1) is 6.58 Å². The number of hydrogen-bond donors (Lipinski definition) is 1. The lowest BCUT2D eigenvalue weighted by Gasteiger charge is -2.33. The van der Waals surface area contributed by atoms with Crippen molar-refractivity contribution in [1.29, 1.82) is 0 Å². The molecule has 1 atom stereocenters. The molecule has 70 valence electrons. The fourth-order valence-corrected chi connectivity index (χ4v) is 2.05. The highest BCUT2D eigenvalue weighted by Crippen LogP contribution is 2.35. The second-order valence-corrected chi connectivity index (χ2v) is 3.47. The van der Waals surface area contributed by atoms with Gasteiger partial charge in [0.25, 0.3) is 0 Å². The number of rotatable bonds is 4. The van der Waals surface area contributed by atoms with E-state index in [1.54, 1.807) is 6.08 Å². The molecule has 0 heterocycles. The lowest BCUT2D eigenvalue weighted by atomic mass is 9.93. The Labute approximate surface area is 74.8 Å². The van der Waals surface area contributed by atoms with E-state index in [1.807, 2.05) is 6.92 Å². The first-order valence-electron chi connectivity index (χ1n) is 4.77. The molecule has 0 spiro atoms. The summed E-state index contributed by atoms with van der Waals surface area (Å²) in [6.45, 7) is 6.50. The fourth-order valence-electron chi connectivity index (χ4n) is 2.05. The minimum atomic E-state index is -0.0868. The summed E-state index contributed by atoms with van der Waals surface area (Å²) >= 11 is 0. The van der Waals surface area contributed by atoms with E-state index in [0.29, 0.717) is 0 Å². The Bertz CT molecular complexity index is 150. The first kappa shape index (κ1) is 9.75. The van der Waals surface area contributed by atoms with Gasteiger partial charge in [-0.2, -0.15) is 0 Å². The molecular weight excluding hydrogens is 150 g/mol. The van der Waals surface area contributed by atoms with Gasteiger partial charge < -0.3 is 10.5 Å². The molecule has 1 aliphatic rings. The van der Waals surface area contributed by atoms with Crippen molar-refractivity contribution >= 4 is 0 Å². The number of hydrogen-bond acceptors (Lipinski definition) is 2. The molecule has 0 amide bonds. The third-order valence-electron chi connectivity index (χ3n) is 2.74. The van der Waals surface area contributed by atoms with E-state index >= 15 is 0 Å². The van der Waals surface area contributed by atoms with Gasteiger partial charge >= 0.3 is 0 Å². The highest BCUT2D eigenvalue weighted by molar-refractivity contribution is 5.03. The maximum absolute atomic E-state index is 5.96. The molecule has 1 aliphatic carbocycles. The SMILES string of the molecule is C=CC(N)C1(OCC)CCCC1. The molecule has 0 aromatic carbocycles. The first-order valence-corrected chi connectivity index (χ1v) is 4.77. The van der Waals surface area contributed by atoms with Crippen LogP contribution in [0, 0.1) is 0 Å².